The van der Waals surface area contributed by atoms with Gasteiger partial charge in [0.15, 0.2) is 23.0 Å². The summed E-state index contributed by atoms with van der Waals surface area (Å²) in [6.45, 7) is 0.312. The lowest BCUT2D eigenvalue weighted by Crippen LogP contribution is -2.47. The van der Waals surface area contributed by atoms with Crippen molar-refractivity contribution in [1.29, 1.82) is 0 Å². The van der Waals surface area contributed by atoms with Gasteiger partial charge in [-0.3, -0.25) is 9.59 Å². The summed E-state index contributed by atoms with van der Waals surface area (Å²) in [6, 6.07) is 16.2. The SMILES string of the molecule is COc1cc([C@H](C(=O)NC2CCCCC2)N(Cc2ccc3c(c2)OCO3)C(=O)CCc2c[nH]c3ccccc23)cc(OC)c1OC. The summed E-state index contributed by atoms with van der Waals surface area (Å²) in [5.41, 5.74) is 3.43. The molecule has 10 nitrogen and oxygen atoms in total. The Bertz CT molecular complexity index is 1670. The van der Waals surface area contributed by atoms with Gasteiger partial charge in [0.1, 0.15) is 6.04 Å². The van der Waals surface area contributed by atoms with E-state index in [-0.39, 0.29) is 37.6 Å². The number of nitrogens with one attached hydrogen (secondary N) is 2. The fraction of sp³-hybridized carbons (Fsp3) is 0.389. The Morgan fingerprint density at radius 1 is 0.935 bits per heavy atom. The van der Waals surface area contributed by atoms with Crippen LogP contribution in [-0.4, -0.2) is 55.9 Å². The molecule has 2 aliphatic rings. The van der Waals surface area contributed by atoms with Crippen LogP contribution >= 0.6 is 0 Å². The largest absolute Gasteiger partial charge is 0.493 e. The van der Waals surface area contributed by atoms with Crippen LogP contribution in [0.4, 0.5) is 0 Å². The first-order valence-corrected chi connectivity index (χ1v) is 15.8. The number of aromatic amines is 1. The van der Waals surface area contributed by atoms with Gasteiger partial charge in [0.05, 0.1) is 21.3 Å². The monoisotopic (exact) mass is 627 g/mol. The topological polar surface area (TPSA) is 111 Å². The lowest BCUT2D eigenvalue weighted by Gasteiger charge is -2.34. The number of rotatable bonds is 12. The van der Waals surface area contributed by atoms with Crippen molar-refractivity contribution in [2.24, 2.45) is 0 Å². The molecule has 6 rings (SSSR count). The van der Waals surface area contributed by atoms with Gasteiger partial charge in [-0.15, -0.1) is 0 Å². The van der Waals surface area contributed by atoms with Gasteiger partial charge in [0, 0.05) is 36.1 Å². The number of ether oxygens (including phenoxy) is 5. The highest BCUT2D eigenvalue weighted by Crippen LogP contribution is 2.42. The average molecular weight is 628 g/mol. The highest BCUT2D eigenvalue weighted by atomic mass is 16.7. The van der Waals surface area contributed by atoms with Gasteiger partial charge >= 0.3 is 0 Å². The fourth-order valence-corrected chi connectivity index (χ4v) is 6.54. The minimum atomic E-state index is -0.975. The Morgan fingerprint density at radius 3 is 2.41 bits per heavy atom. The Balaban J connectivity index is 1.40. The minimum absolute atomic E-state index is 0.0412. The predicted molar refractivity (Wildman–Crippen MR) is 174 cm³/mol. The molecule has 1 aromatic heterocycles. The smallest absolute Gasteiger partial charge is 0.247 e. The van der Waals surface area contributed by atoms with Gasteiger partial charge in [-0.25, -0.2) is 0 Å². The molecule has 2 heterocycles. The lowest BCUT2D eigenvalue weighted by molar-refractivity contribution is -0.142. The van der Waals surface area contributed by atoms with Crippen LogP contribution < -0.4 is 29.0 Å². The van der Waals surface area contributed by atoms with Gasteiger partial charge in [-0.05, 0) is 66.3 Å². The van der Waals surface area contributed by atoms with Crippen LogP contribution in [0.15, 0.2) is 60.8 Å². The molecule has 10 heteroatoms. The number of amides is 2. The second-order valence-electron chi connectivity index (χ2n) is 11.8. The minimum Gasteiger partial charge on any atom is -0.493 e. The van der Waals surface area contributed by atoms with E-state index < -0.39 is 6.04 Å². The molecule has 1 aliphatic carbocycles. The van der Waals surface area contributed by atoms with E-state index in [1.165, 1.54) is 21.3 Å². The number of benzene rings is 3. The lowest BCUT2D eigenvalue weighted by atomic mass is 9.94. The van der Waals surface area contributed by atoms with Crippen molar-refractivity contribution in [3.63, 3.8) is 0 Å². The van der Waals surface area contributed by atoms with Gasteiger partial charge in [0.2, 0.25) is 24.4 Å². The van der Waals surface area contributed by atoms with Crippen LogP contribution in [0, 0.1) is 0 Å². The van der Waals surface area contributed by atoms with Crippen molar-refractivity contribution in [2.75, 3.05) is 28.1 Å². The van der Waals surface area contributed by atoms with Crippen LogP contribution in [-0.2, 0) is 22.6 Å². The molecule has 0 radical (unpaired) electrons. The molecule has 46 heavy (non-hydrogen) atoms. The molecule has 1 aliphatic heterocycles. The molecule has 3 aromatic carbocycles. The summed E-state index contributed by atoms with van der Waals surface area (Å²) in [7, 11) is 4.61. The molecule has 1 fully saturated rings. The fourth-order valence-electron chi connectivity index (χ4n) is 6.54. The standard InChI is InChI=1S/C36H41N3O7/c1-42-31-18-25(19-32(43-2)35(31)44-3)34(36(41)38-26-9-5-4-6-10-26)39(21-23-13-15-29-30(17-23)46-22-45-29)33(40)16-14-24-20-37-28-12-8-7-11-27(24)28/h7-8,11-13,15,17-20,26,34,37H,4-6,9-10,14,16,21-22H2,1-3H3,(H,38,41)/t34-/m1/s1. The summed E-state index contributed by atoms with van der Waals surface area (Å²) >= 11 is 0. The Kier molecular flexibility index (Phi) is 9.51. The average Bonchev–Trinajstić information content (AvgIpc) is 3.73. The number of methoxy groups -OCH3 is 3. The number of nitrogens with zero attached hydrogens (tertiary/aromatic N) is 1. The highest BCUT2D eigenvalue weighted by molar-refractivity contribution is 5.90. The molecule has 242 valence electrons. The number of hydrogen-bond donors (Lipinski definition) is 2. The van der Waals surface area contributed by atoms with Crippen LogP contribution in [0.3, 0.4) is 0 Å². The summed E-state index contributed by atoms with van der Waals surface area (Å²) < 4.78 is 28.1. The number of aromatic nitrogens is 1. The normalized spacial score (nSPS) is 14.9. The van der Waals surface area contributed by atoms with Crippen LogP contribution in [0.1, 0.15) is 61.3 Å². The first-order chi connectivity index (χ1) is 22.5. The van der Waals surface area contributed by atoms with Crippen molar-refractivity contribution in [2.45, 2.75) is 63.6 Å². The van der Waals surface area contributed by atoms with E-state index in [2.05, 4.69) is 10.3 Å². The van der Waals surface area contributed by atoms with E-state index in [4.69, 9.17) is 23.7 Å². The second kappa shape index (κ2) is 14.1. The number of aryl methyl sites for hydroxylation is 1. The van der Waals surface area contributed by atoms with Gasteiger partial charge < -0.3 is 38.9 Å². The number of hydrogen-bond acceptors (Lipinski definition) is 7. The third kappa shape index (κ3) is 6.56. The molecule has 4 aromatic rings. The van der Waals surface area contributed by atoms with Crippen molar-refractivity contribution >= 4 is 22.7 Å². The van der Waals surface area contributed by atoms with E-state index in [0.717, 1.165) is 54.1 Å². The number of para-hydroxylation sites is 1. The molecule has 2 N–H and O–H groups in total. The molecule has 0 bridgehead atoms. The summed E-state index contributed by atoms with van der Waals surface area (Å²) in [5.74, 6) is 2.07. The molecule has 1 atom stereocenters. The van der Waals surface area contributed by atoms with Gasteiger partial charge in [0.25, 0.3) is 0 Å². The molecule has 0 unspecified atom stereocenters. The van der Waals surface area contributed by atoms with E-state index >= 15 is 0 Å². The van der Waals surface area contributed by atoms with E-state index in [1.54, 1.807) is 17.0 Å². The van der Waals surface area contributed by atoms with Crippen molar-refractivity contribution in [3.05, 3.63) is 77.5 Å². The zero-order chi connectivity index (χ0) is 32.0. The molecular formula is C36H41N3O7. The van der Waals surface area contributed by atoms with Crippen LogP contribution in [0.25, 0.3) is 10.9 Å². The molecule has 0 spiro atoms. The quantitative estimate of drug-likeness (QED) is 0.196. The van der Waals surface area contributed by atoms with Crippen LogP contribution in [0.5, 0.6) is 28.7 Å². The zero-order valence-electron chi connectivity index (χ0n) is 26.6. The molecular weight excluding hydrogens is 586 g/mol. The second-order valence-corrected chi connectivity index (χ2v) is 11.8. The maximum atomic E-state index is 14.4. The number of carbonyl (C=O) groups is 2. The molecule has 2 amide bonds. The molecule has 0 saturated heterocycles. The summed E-state index contributed by atoms with van der Waals surface area (Å²) in [5, 5.41) is 4.36. The summed E-state index contributed by atoms with van der Waals surface area (Å²) in [4.78, 5) is 33.8. The van der Waals surface area contributed by atoms with Crippen molar-refractivity contribution < 1.29 is 33.3 Å². The number of fused-ring (bicyclic) bond motifs is 2. The maximum Gasteiger partial charge on any atom is 0.247 e. The van der Waals surface area contributed by atoms with Crippen LogP contribution in [0.2, 0.25) is 0 Å². The number of H-pyrrole nitrogens is 1. The maximum absolute atomic E-state index is 14.4. The Hall–Kier alpha value is -4.86. The zero-order valence-corrected chi connectivity index (χ0v) is 26.6. The Morgan fingerprint density at radius 2 is 1.67 bits per heavy atom. The first kappa shape index (κ1) is 31.1. The molecule has 1 saturated carbocycles. The van der Waals surface area contributed by atoms with E-state index in [1.807, 2.05) is 48.7 Å². The van der Waals surface area contributed by atoms with E-state index in [0.29, 0.717) is 40.7 Å². The number of carbonyl (C=O) groups excluding carboxylic acids is 2. The van der Waals surface area contributed by atoms with Crippen molar-refractivity contribution in [3.8, 4) is 28.7 Å². The first-order valence-electron chi connectivity index (χ1n) is 15.8. The third-order valence-electron chi connectivity index (χ3n) is 8.91. The summed E-state index contributed by atoms with van der Waals surface area (Å²) in [6.07, 6.45) is 7.75. The van der Waals surface area contributed by atoms with Gasteiger partial charge in [-0.2, -0.15) is 0 Å². The van der Waals surface area contributed by atoms with Crippen molar-refractivity contribution in [1.82, 2.24) is 15.2 Å². The Labute approximate surface area is 268 Å². The predicted octanol–water partition coefficient (Wildman–Crippen LogP) is 6.07. The third-order valence-corrected chi connectivity index (χ3v) is 8.91. The highest BCUT2D eigenvalue weighted by Gasteiger charge is 2.35. The van der Waals surface area contributed by atoms with Gasteiger partial charge in [-0.1, -0.05) is 43.5 Å². The van der Waals surface area contributed by atoms with E-state index in [9.17, 15) is 9.59 Å².